The van der Waals surface area contributed by atoms with Crippen LogP contribution in [0.25, 0.3) is 0 Å². The summed E-state index contributed by atoms with van der Waals surface area (Å²) in [5.74, 6) is 37.2. The van der Waals surface area contributed by atoms with Gasteiger partial charge in [0, 0.05) is 89.4 Å². The third-order valence-corrected chi connectivity index (χ3v) is 36.1. The zero-order valence-electron chi connectivity index (χ0n) is 73.0. The molecule has 12 saturated carbocycles. The van der Waals surface area contributed by atoms with Crippen LogP contribution in [0.2, 0.25) is 0 Å². The molecule has 16 aliphatic rings. The first-order valence-electron chi connectivity index (χ1n) is 46.7. The van der Waals surface area contributed by atoms with Crippen molar-refractivity contribution in [2.45, 2.75) is 262 Å². The fourth-order valence-corrected chi connectivity index (χ4v) is 29.2. The number of rotatable bonds is 3. The number of fused-ring (bicyclic) bond motifs is 20. The molecular formula is C109H129NO11. The number of carboxylic acids is 1. The Labute approximate surface area is 719 Å². The quantitative estimate of drug-likeness (QED) is 0.122. The molecule has 4 aromatic carbocycles. The number of methoxy groups -OCH3 is 1. The smallest absolute Gasteiger partial charge is 0.335 e. The molecule has 0 saturated heterocycles. The molecule has 4 aromatic rings. The van der Waals surface area contributed by atoms with Gasteiger partial charge in [-0.2, -0.15) is 0 Å². The Bertz CT molecular complexity index is 5090. The minimum atomic E-state index is -1.01. The average molecular weight is 1630 g/mol. The summed E-state index contributed by atoms with van der Waals surface area (Å²) in [6.45, 7) is 11.2. The minimum absolute atomic E-state index is 0.114. The highest BCUT2D eigenvalue weighted by atomic mass is 16.5. The predicted molar refractivity (Wildman–Crippen MR) is 474 cm³/mol. The number of ketones is 4. The van der Waals surface area contributed by atoms with Gasteiger partial charge in [0.2, 0.25) is 0 Å². The van der Waals surface area contributed by atoms with E-state index in [-0.39, 0.29) is 27.2 Å². The van der Waals surface area contributed by atoms with Crippen LogP contribution in [0.3, 0.4) is 0 Å². The molecule has 0 radical (unpaired) electrons. The van der Waals surface area contributed by atoms with Crippen LogP contribution in [0.4, 0.5) is 5.69 Å². The lowest BCUT2D eigenvalue weighted by atomic mass is 9.50. The number of carbonyl (C=O) groups excluding carboxylic acids is 4. The first kappa shape index (κ1) is 84.9. The molecule has 20 rings (SSSR count). The molecule has 0 spiro atoms. The van der Waals surface area contributed by atoms with Crippen LogP contribution in [0, 0.1) is 171 Å². The Kier molecular flexibility index (Phi) is 23.4. The van der Waals surface area contributed by atoms with Crippen molar-refractivity contribution in [2.75, 3.05) is 26.1 Å². The molecule has 0 aromatic heterocycles. The fourth-order valence-electron chi connectivity index (χ4n) is 29.2. The van der Waals surface area contributed by atoms with E-state index in [0.29, 0.717) is 131 Å². The van der Waals surface area contributed by atoms with Crippen LogP contribution in [-0.2, 0) is 19.2 Å². The number of hydrogen-bond donors (Lipinski definition) is 5. The van der Waals surface area contributed by atoms with E-state index in [9.17, 15) is 44.4 Å². The van der Waals surface area contributed by atoms with Crippen molar-refractivity contribution in [1.29, 1.82) is 0 Å². The van der Waals surface area contributed by atoms with Gasteiger partial charge in [-0.25, -0.2) is 4.79 Å². The number of aryl methyl sites for hydroxylation is 1. The second-order valence-electron chi connectivity index (χ2n) is 41.6. The monoisotopic (exact) mass is 1630 g/mol. The van der Waals surface area contributed by atoms with Gasteiger partial charge in [0.25, 0.3) is 0 Å². The Morgan fingerprint density at radius 3 is 0.876 bits per heavy atom. The van der Waals surface area contributed by atoms with E-state index < -0.39 is 28.4 Å². The van der Waals surface area contributed by atoms with Crippen molar-refractivity contribution in [3.05, 3.63) is 177 Å². The van der Waals surface area contributed by atoms with Crippen LogP contribution in [0.1, 0.15) is 271 Å². The Hall–Kier alpha value is -8.33. The number of hydrogen-bond acceptors (Lipinski definition) is 11. The zero-order chi connectivity index (χ0) is 84.8. The van der Waals surface area contributed by atoms with Crippen molar-refractivity contribution in [2.24, 2.45) is 116 Å². The van der Waals surface area contributed by atoms with Crippen LogP contribution < -0.4 is 9.64 Å². The van der Waals surface area contributed by atoms with E-state index >= 15 is 0 Å². The summed E-state index contributed by atoms with van der Waals surface area (Å²) < 4.78 is 5.23. The lowest BCUT2D eigenvalue weighted by Gasteiger charge is -2.54. The second-order valence-corrected chi connectivity index (χ2v) is 41.6. The number of carboxylic acid groups (broad SMARTS) is 1. The third-order valence-electron chi connectivity index (χ3n) is 36.1. The van der Waals surface area contributed by atoms with Gasteiger partial charge in [-0.3, -0.25) is 19.2 Å². The first-order valence-corrected chi connectivity index (χ1v) is 46.7. The predicted octanol–water partition coefficient (Wildman–Crippen LogP) is 19.7. The molecule has 16 unspecified atom stereocenters. The van der Waals surface area contributed by atoms with E-state index in [2.05, 4.69) is 135 Å². The lowest BCUT2D eigenvalue weighted by molar-refractivity contribution is -0.117. The minimum Gasteiger partial charge on any atom is -0.497 e. The molecule has 0 heterocycles. The van der Waals surface area contributed by atoms with E-state index in [1.165, 1.54) is 53.5 Å². The number of aromatic carboxylic acids is 1. The van der Waals surface area contributed by atoms with Gasteiger partial charge in [-0.15, -0.1) is 0 Å². The van der Waals surface area contributed by atoms with Gasteiger partial charge in [0.15, 0.2) is 23.1 Å². The zero-order valence-corrected chi connectivity index (χ0v) is 73.0. The molecule has 12 heteroatoms. The number of benzene rings is 4. The second kappa shape index (κ2) is 33.3. The Balaban J connectivity index is 0.000000115. The van der Waals surface area contributed by atoms with Crippen molar-refractivity contribution >= 4 is 34.8 Å². The summed E-state index contributed by atoms with van der Waals surface area (Å²) in [4.78, 5) is 60.7. The SMILES string of the molecule is CN(C)c1ccc(C#C[C@]2(O)CCC3C4CCC5=CC(=O)CCC5C4CC[C@@]32C)cc1.COc1ccc(C#C[C@]2(O)CCC3C4CCC5=CC(=O)CCC5C4CC[C@@]32C)cc1.C[C@]12CCC3C4CCC(=O)C=C4CCC3C1CC[C@@]2(O)C#Cc1ccc(C(=O)O)cc1.Cc1ccc(C#C[C@]2(O)CCC3C4CCC5=CC(=O)CCC5C4CC[C@@]32C)cc1. The third kappa shape index (κ3) is 15.6. The summed E-state index contributed by atoms with van der Waals surface area (Å²) in [7, 11) is 5.73. The maximum atomic E-state index is 11.9. The number of ether oxygens (including phenoxy) is 1. The van der Waals surface area contributed by atoms with E-state index in [0.717, 1.165) is 201 Å². The molecule has 0 amide bonds. The summed E-state index contributed by atoms with van der Waals surface area (Å²) >= 11 is 0. The molecule has 12 nitrogen and oxygen atoms in total. The summed E-state index contributed by atoms with van der Waals surface area (Å²) in [5, 5.41) is 55.9. The van der Waals surface area contributed by atoms with Crippen LogP contribution in [0.5, 0.6) is 5.75 Å². The van der Waals surface area contributed by atoms with Gasteiger partial charge in [-0.1, -0.05) is 115 Å². The molecule has 0 aliphatic heterocycles. The first-order chi connectivity index (χ1) is 57.9. The largest absolute Gasteiger partial charge is 0.497 e. The lowest BCUT2D eigenvalue weighted by Crippen LogP contribution is -2.52. The number of nitrogens with zero attached hydrogens (tertiary/aromatic N) is 1. The van der Waals surface area contributed by atoms with Gasteiger partial charge in [0.05, 0.1) is 12.7 Å². The molecule has 12 fully saturated rings. The van der Waals surface area contributed by atoms with E-state index in [4.69, 9.17) is 9.84 Å². The fraction of sp³-hybridized carbons (Fsp3) is 0.587. The molecule has 0 bridgehead atoms. The van der Waals surface area contributed by atoms with Crippen LogP contribution in [-0.4, -0.2) is 98.2 Å². The molecule has 636 valence electrons. The van der Waals surface area contributed by atoms with Crippen molar-refractivity contribution < 1.29 is 54.2 Å². The summed E-state index contributed by atoms with van der Waals surface area (Å²) in [5.41, 5.74) is 7.61. The molecule has 16 aliphatic carbocycles. The molecule has 24 atom stereocenters. The highest BCUT2D eigenvalue weighted by Crippen LogP contribution is 2.70. The highest BCUT2D eigenvalue weighted by Gasteiger charge is 2.67. The van der Waals surface area contributed by atoms with E-state index in [1.807, 2.05) is 62.7 Å². The molecule has 5 N–H and O–H groups in total. The van der Waals surface area contributed by atoms with Crippen LogP contribution in [0.15, 0.2) is 144 Å². The number of allylic oxidation sites excluding steroid dienone is 4. The Morgan fingerprint density at radius 2 is 0.612 bits per heavy atom. The van der Waals surface area contributed by atoms with Crippen LogP contribution >= 0.6 is 0 Å². The molecular weight excluding hydrogens is 1500 g/mol. The van der Waals surface area contributed by atoms with Gasteiger partial charge in [-0.05, 0) is 391 Å². The number of carbonyl (C=O) groups is 5. The van der Waals surface area contributed by atoms with Crippen molar-refractivity contribution in [3.8, 4) is 53.1 Å². The van der Waals surface area contributed by atoms with Crippen molar-refractivity contribution in [1.82, 2.24) is 0 Å². The topological polar surface area (TPSA) is 199 Å². The average Bonchev–Trinajstić information content (AvgIpc) is 1.60. The highest BCUT2D eigenvalue weighted by molar-refractivity contribution is 5.93. The van der Waals surface area contributed by atoms with Gasteiger partial charge < -0.3 is 35.2 Å². The maximum Gasteiger partial charge on any atom is 0.335 e. The number of aliphatic hydroxyl groups is 4. The Morgan fingerprint density at radius 1 is 0.347 bits per heavy atom. The molecule has 121 heavy (non-hydrogen) atoms. The maximum absolute atomic E-state index is 11.9. The summed E-state index contributed by atoms with van der Waals surface area (Å²) in [6, 6.07) is 30.8. The van der Waals surface area contributed by atoms with Gasteiger partial charge >= 0.3 is 5.97 Å². The van der Waals surface area contributed by atoms with Crippen molar-refractivity contribution in [3.63, 3.8) is 0 Å². The number of anilines is 1. The van der Waals surface area contributed by atoms with Gasteiger partial charge in [0.1, 0.15) is 28.2 Å². The summed E-state index contributed by atoms with van der Waals surface area (Å²) in [6.07, 6.45) is 39.7. The van der Waals surface area contributed by atoms with E-state index in [1.54, 1.807) is 31.4 Å². The standard InChI is InChI=1S/C28H35NO2.C27H30O4.C27H32O3.C27H32O2/c1-27-15-13-24-23-11-9-22(30)18-20(23)6-10-25(24)26(27)14-17-28(27,31)16-12-19-4-7-21(8-5-19)29(2)3;1-26-13-11-22-21-9-7-20(28)16-19(21)6-8-23(22)24(26)12-15-27(26,31)14-10-17-2-4-18(5-3-17)25(29)30;1-26-14-12-23-22-10-6-20(28)17-19(22)5-9-24(23)25(26)13-16-27(26,29)15-11-18-3-7-21(30-2)8-4-18;1-18-3-5-19(6-4-18)11-15-27(29)16-13-25-24-9-7-20-17-21(28)8-10-22(20)23(24)12-14-26(25,27)2/h4-5,7-8,18,23-26,31H,6,9-11,13-15,17H2,1-3H3;2-5,16,21-24,31H,6-9,11-13,15H2,1H3,(H,29,30);3-4,7-8,17,22-25,29H,5-6,9-10,12-14,16H2,1-2H3;3-6,17,22-25,29H,7-10,12-14,16H2,1-2H3/t23?,24?,25?,26?,27-,28-;21?,22?,23?,24?,26-,27-;2*22?,23?,24?,25?,26-,27-/m0000/s1. The normalized spacial score (nSPS) is 39.5.